The van der Waals surface area contributed by atoms with E-state index in [9.17, 15) is 0 Å². The van der Waals surface area contributed by atoms with Gasteiger partial charge in [0.25, 0.3) is 0 Å². The van der Waals surface area contributed by atoms with Gasteiger partial charge in [-0.05, 0) is 23.0 Å². The van der Waals surface area contributed by atoms with Crippen LogP contribution in [0.3, 0.4) is 0 Å². The molecule has 0 nitrogen and oxygen atoms in total. The van der Waals surface area contributed by atoms with Crippen LogP contribution in [0.5, 0.6) is 0 Å². The summed E-state index contributed by atoms with van der Waals surface area (Å²) in [7, 11) is 3.31. The zero-order valence-corrected chi connectivity index (χ0v) is 9.23. The first kappa shape index (κ1) is 7.16. The van der Waals surface area contributed by atoms with Crippen LogP contribution in [0.25, 0.3) is 21.1 Å². The van der Waals surface area contributed by atoms with Crippen LogP contribution in [0.2, 0.25) is 0 Å². The van der Waals surface area contributed by atoms with Gasteiger partial charge in [0.05, 0.1) is 0 Å². The molecule has 2 unspecified atom stereocenters. The first-order valence-corrected chi connectivity index (χ1v) is 6.96. The normalized spacial score (nSPS) is 13.3. The van der Waals surface area contributed by atoms with E-state index in [0.717, 1.165) is 16.4 Å². The summed E-state index contributed by atoms with van der Waals surface area (Å²) in [6, 6.07) is 6.79. The molecule has 1 aromatic rings. The van der Waals surface area contributed by atoms with Gasteiger partial charge in [0.2, 0.25) is 0 Å². The third-order valence-electron chi connectivity index (χ3n) is 2.09. The zero-order chi connectivity index (χ0) is 7.97. The van der Waals surface area contributed by atoms with Crippen molar-refractivity contribution >= 4 is 34.8 Å². The molecule has 12 heavy (non-hydrogen) atoms. The van der Waals surface area contributed by atoms with Crippen molar-refractivity contribution in [3.05, 3.63) is 29.5 Å². The van der Waals surface area contributed by atoms with Crippen LogP contribution in [0, 0.1) is 0 Å². The molecule has 1 aromatic heterocycles. The highest BCUT2D eigenvalue weighted by atomic mass is 31.1. The third kappa shape index (κ3) is 0.898. The maximum Gasteiger partial charge on any atom is 0.0246 e. The molecule has 0 amide bonds. The minimum absolute atomic E-state index is 0.905. The van der Waals surface area contributed by atoms with Crippen LogP contribution in [0.4, 0.5) is 0 Å². The van der Waals surface area contributed by atoms with E-state index in [0.29, 0.717) is 0 Å². The molecule has 58 valence electrons. The van der Waals surface area contributed by atoms with Crippen molar-refractivity contribution in [1.29, 1.82) is 0 Å². The number of fused-ring (bicyclic) bond motifs is 3. The first-order chi connectivity index (χ1) is 5.95. The van der Waals surface area contributed by atoms with Crippen LogP contribution in [-0.4, -0.2) is 0 Å². The Kier molecular flexibility index (Phi) is 1.56. The molecule has 2 atom stereocenters. The van der Waals surface area contributed by atoms with Crippen molar-refractivity contribution in [2.45, 2.75) is 0 Å². The highest BCUT2D eigenvalue weighted by molar-refractivity contribution is 7.56. The molecule has 0 saturated carbocycles. The van der Waals surface area contributed by atoms with Crippen molar-refractivity contribution in [3.8, 4) is 10.9 Å². The van der Waals surface area contributed by atoms with Crippen molar-refractivity contribution in [2.24, 2.45) is 0 Å². The van der Waals surface area contributed by atoms with Crippen molar-refractivity contribution < 1.29 is 0 Å². The average molecular weight is 208 g/mol. The number of hydrogen-bond acceptors (Lipinski definition) is 0. The fourth-order valence-electron chi connectivity index (χ4n) is 1.54. The second kappa shape index (κ2) is 2.61. The van der Waals surface area contributed by atoms with Gasteiger partial charge in [-0.25, -0.2) is 0 Å². The minimum atomic E-state index is 0.905. The van der Waals surface area contributed by atoms with Gasteiger partial charge in [-0.1, -0.05) is 20.3 Å². The summed E-state index contributed by atoms with van der Waals surface area (Å²) < 4.78 is 0. The quantitative estimate of drug-likeness (QED) is 0.506. The van der Waals surface area contributed by atoms with E-state index in [2.05, 4.69) is 29.5 Å². The maximum absolute atomic E-state index is 2.38. The van der Waals surface area contributed by atoms with Crippen LogP contribution in [0.15, 0.2) is 29.5 Å². The molecule has 0 spiro atoms. The largest absolute Gasteiger partial charge is 0.131 e. The van der Waals surface area contributed by atoms with Gasteiger partial charge in [0.1, 0.15) is 0 Å². The summed E-state index contributed by atoms with van der Waals surface area (Å²) in [4.78, 5) is 0. The molecule has 2 heterocycles. The lowest BCUT2D eigenvalue weighted by molar-refractivity contribution is 1.87. The maximum atomic E-state index is 2.38. The smallest absolute Gasteiger partial charge is 0.0246 e. The van der Waals surface area contributed by atoms with Gasteiger partial charge in [-0.3, -0.25) is 0 Å². The molecule has 1 aliphatic heterocycles. The Morgan fingerprint density at radius 2 is 2.25 bits per heavy atom. The van der Waals surface area contributed by atoms with Crippen molar-refractivity contribution in [3.63, 3.8) is 0 Å². The lowest BCUT2D eigenvalue weighted by Gasteiger charge is -1.94. The molecule has 0 radical (unpaired) electrons. The third-order valence-corrected chi connectivity index (χ3v) is 6.16. The molecule has 3 rings (SSSR count). The summed E-state index contributed by atoms with van der Waals surface area (Å²) in [6.07, 6.45) is 0. The lowest BCUT2D eigenvalue weighted by Crippen LogP contribution is -1.62. The molecular formula is C9H7P3. The van der Waals surface area contributed by atoms with E-state index in [-0.39, 0.29) is 0 Å². The Hall–Kier alpha value is -0.270. The second-order valence-electron chi connectivity index (χ2n) is 2.81. The summed E-state index contributed by atoms with van der Waals surface area (Å²) >= 11 is 0. The number of hydrogen-bond donors (Lipinski definition) is 0. The lowest BCUT2D eigenvalue weighted by atomic mass is 10.3. The van der Waals surface area contributed by atoms with E-state index >= 15 is 0 Å². The van der Waals surface area contributed by atoms with Gasteiger partial charge in [-0.15, -0.1) is 16.4 Å². The average Bonchev–Trinajstić information content (AvgIpc) is 2.62. The van der Waals surface area contributed by atoms with E-state index in [4.69, 9.17) is 0 Å². The van der Waals surface area contributed by atoms with Crippen LogP contribution >= 0.6 is 24.6 Å². The SMILES string of the molecule is c1c[pH]c2c3pc[pH]c3cc-2c1. The first-order valence-electron chi connectivity index (χ1n) is 3.84. The number of rotatable bonds is 0. The standard InChI is InChI=1S/C9H7P3/c1-2-6-4-7-9(12-5-11-7)8(6)10-3-1/h1-5,10-11H. The molecular weight excluding hydrogens is 201 g/mol. The predicted octanol–water partition coefficient (Wildman–Crippen LogP) is 4.59. The molecule has 1 aliphatic carbocycles. The fourth-order valence-corrected chi connectivity index (χ4v) is 5.69. The Morgan fingerprint density at radius 3 is 3.25 bits per heavy atom. The molecule has 0 fully saturated rings. The van der Waals surface area contributed by atoms with Crippen molar-refractivity contribution in [2.75, 3.05) is 0 Å². The summed E-state index contributed by atoms with van der Waals surface area (Å²) in [5.74, 6) is 2.28. The van der Waals surface area contributed by atoms with Crippen LogP contribution < -0.4 is 0 Å². The molecule has 0 N–H and O–H groups in total. The monoisotopic (exact) mass is 208 g/mol. The summed E-state index contributed by atoms with van der Waals surface area (Å²) in [6.45, 7) is 0. The Labute approximate surface area is 75.6 Å². The molecule has 0 aromatic carbocycles. The highest BCUT2D eigenvalue weighted by Crippen LogP contribution is 2.47. The zero-order valence-electron chi connectivity index (χ0n) is 6.33. The van der Waals surface area contributed by atoms with Crippen LogP contribution in [0.1, 0.15) is 0 Å². The van der Waals surface area contributed by atoms with E-state index in [1.165, 1.54) is 13.8 Å². The van der Waals surface area contributed by atoms with Gasteiger partial charge in [0.15, 0.2) is 0 Å². The fraction of sp³-hybridized carbons (Fsp3) is 0. The van der Waals surface area contributed by atoms with E-state index in [1.54, 1.807) is 15.5 Å². The highest BCUT2D eigenvalue weighted by Gasteiger charge is 2.08. The molecule has 2 aliphatic rings. The Bertz CT molecular complexity index is 491. The summed E-state index contributed by atoms with van der Waals surface area (Å²) in [5, 5.41) is 4.81. The van der Waals surface area contributed by atoms with Gasteiger partial charge in [-0.2, -0.15) is 0 Å². The predicted molar refractivity (Wildman–Crippen MR) is 62.1 cm³/mol. The van der Waals surface area contributed by atoms with Crippen LogP contribution in [-0.2, 0) is 0 Å². The van der Waals surface area contributed by atoms with Gasteiger partial charge in [0, 0.05) is 15.5 Å². The molecule has 3 heteroatoms. The summed E-state index contributed by atoms with van der Waals surface area (Å²) in [5.41, 5.74) is 3.86. The van der Waals surface area contributed by atoms with E-state index < -0.39 is 0 Å². The van der Waals surface area contributed by atoms with Gasteiger partial charge < -0.3 is 0 Å². The minimum Gasteiger partial charge on any atom is -0.131 e. The van der Waals surface area contributed by atoms with Gasteiger partial charge >= 0.3 is 0 Å². The Morgan fingerprint density at radius 1 is 1.25 bits per heavy atom. The Balaban J connectivity index is 2.60. The molecule has 0 bridgehead atoms. The van der Waals surface area contributed by atoms with Crippen molar-refractivity contribution in [1.82, 2.24) is 0 Å². The topological polar surface area (TPSA) is 0 Å². The second-order valence-corrected chi connectivity index (χ2v) is 6.50. The molecule has 0 saturated heterocycles. The van der Waals surface area contributed by atoms with E-state index in [1.807, 2.05) is 0 Å².